The van der Waals surface area contributed by atoms with Crippen molar-refractivity contribution in [2.75, 3.05) is 5.32 Å². The number of H-pyrrole nitrogens is 1. The summed E-state index contributed by atoms with van der Waals surface area (Å²) in [6.45, 7) is -1.14. The van der Waals surface area contributed by atoms with E-state index in [9.17, 15) is 18.0 Å². The Morgan fingerprint density at radius 1 is 1.28 bits per heavy atom. The molecule has 10 heteroatoms. The molecule has 2 aliphatic rings. The first-order valence-electron chi connectivity index (χ1n) is 8.22. The second-order valence-corrected chi connectivity index (χ2v) is 6.64. The van der Waals surface area contributed by atoms with Crippen LogP contribution in [0.2, 0.25) is 0 Å². The first kappa shape index (κ1) is 16.1. The fourth-order valence-electron chi connectivity index (χ4n) is 3.32. The van der Waals surface area contributed by atoms with E-state index in [2.05, 4.69) is 25.8 Å². The van der Waals surface area contributed by atoms with Crippen molar-refractivity contribution in [3.8, 4) is 0 Å². The molecule has 0 saturated heterocycles. The van der Waals surface area contributed by atoms with Gasteiger partial charge in [0.1, 0.15) is 6.54 Å². The van der Waals surface area contributed by atoms with E-state index >= 15 is 0 Å². The minimum atomic E-state index is -4.34. The zero-order chi connectivity index (χ0) is 17.6. The lowest BCUT2D eigenvalue weighted by molar-refractivity contribution is -0.143. The third-order valence-electron chi connectivity index (χ3n) is 4.67. The Balaban J connectivity index is 1.50. The van der Waals surface area contributed by atoms with Crippen molar-refractivity contribution in [1.29, 1.82) is 0 Å². The molecule has 1 amide bonds. The van der Waals surface area contributed by atoms with Gasteiger partial charge in [-0.2, -0.15) is 33.7 Å². The van der Waals surface area contributed by atoms with Crippen LogP contribution in [0.15, 0.2) is 6.20 Å². The van der Waals surface area contributed by atoms with Gasteiger partial charge in [-0.05, 0) is 25.7 Å². The number of fused-ring (bicyclic) bond motifs is 1. The minimum Gasteiger partial charge on any atom is -0.323 e. The Hall–Kier alpha value is -2.39. The normalized spacial score (nSPS) is 20.4. The summed E-state index contributed by atoms with van der Waals surface area (Å²) in [6.07, 6.45) is 0.391. The molecule has 2 N–H and O–H groups in total. The lowest BCUT2D eigenvalue weighted by atomic mass is 9.89. The Kier molecular flexibility index (Phi) is 3.77. The van der Waals surface area contributed by atoms with Crippen LogP contribution in [0.25, 0.3) is 0 Å². The van der Waals surface area contributed by atoms with Gasteiger partial charge in [0, 0.05) is 18.3 Å². The van der Waals surface area contributed by atoms with E-state index in [0.29, 0.717) is 30.6 Å². The number of hydrogen-bond donors (Lipinski definition) is 2. The lowest BCUT2D eigenvalue weighted by Gasteiger charge is -2.20. The number of nitrogens with one attached hydrogen (secondary N) is 2. The molecule has 0 bridgehead atoms. The molecule has 1 fully saturated rings. The standard InChI is InChI=1S/C15H17F3N6O/c16-15(17,18)7-24-13(8-1-2-8)12(6-19-24)20-14(25)9-3-4-10-11(5-9)22-23-21-10/h6,8-9H,1-5,7H2,(H,20,25)(H,21,22,23). The molecule has 0 spiro atoms. The van der Waals surface area contributed by atoms with E-state index in [1.165, 1.54) is 6.20 Å². The number of carbonyl (C=O) groups is 1. The number of carbonyl (C=O) groups excluding carboxylic acids is 1. The maximum absolute atomic E-state index is 12.7. The number of amides is 1. The summed E-state index contributed by atoms with van der Waals surface area (Å²) < 4.78 is 39.1. The lowest BCUT2D eigenvalue weighted by Crippen LogP contribution is -2.28. The van der Waals surface area contributed by atoms with E-state index in [1.807, 2.05) is 0 Å². The molecule has 0 aliphatic heterocycles. The van der Waals surface area contributed by atoms with Crippen LogP contribution in [0, 0.1) is 5.92 Å². The maximum atomic E-state index is 12.7. The predicted octanol–water partition coefficient (Wildman–Crippen LogP) is 2.18. The highest BCUT2D eigenvalue weighted by Crippen LogP contribution is 2.44. The Morgan fingerprint density at radius 2 is 2.04 bits per heavy atom. The van der Waals surface area contributed by atoms with Gasteiger partial charge < -0.3 is 5.32 Å². The minimum absolute atomic E-state index is 0.0358. The molecule has 134 valence electrons. The van der Waals surface area contributed by atoms with E-state index in [-0.39, 0.29) is 17.7 Å². The second-order valence-electron chi connectivity index (χ2n) is 6.64. The molecular weight excluding hydrogens is 337 g/mol. The molecule has 25 heavy (non-hydrogen) atoms. The van der Waals surface area contributed by atoms with E-state index in [4.69, 9.17) is 0 Å². The van der Waals surface area contributed by atoms with Crippen molar-refractivity contribution in [3.05, 3.63) is 23.3 Å². The SMILES string of the molecule is O=C(Nc1cnn(CC(F)(F)F)c1C1CC1)C1CCc2n[nH]nc2C1. The summed E-state index contributed by atoms with van der Waals surface area (Å²) >= 11 is 0. The summed E-state index contributed by atoms with van der Waals surface area (Å²) in [4.78, 5) is 12.6. The Labute approximate surface area is 141 Å². The molecule has 2 heterocycles. The van der Waals surface area contributed by atoms with Gasteiger partial charge in [-0.1, -0.05) is 0 Å². The van der Waals surface area contributed by atoms with Gasteiger partial charge in [0.05, 0.1) is 29.0 Å². The molecule has 1 unspecified atom stereocenters. The quantitative estimate of drug-likeness (QED) is 0.881. The highest BCUT2D eigenvalue weighted by Gasteiger charge is 2.36. The summed E-state index contributed by atoms with van der Waals surface area (Å²) in [6, 6.07) is 0. The van der Waals surface area contributed by atoms with Crippen molar-refractivity contribution < 1.29 is 18.0 Å². The van der Waals surface area contributed by atoms with Crippen LogP contribution in [0.5, 0.6) is 0 Å². The number of aromatic amines is 1. The van der Waals surface area contributed by atoms with Gasteiger partial charge in [-0.25, -0.2) is 0 Å². The average Bonchev–Trinajstić information content (AvgIpc) is 3.14. The molecule has 0 radical (unpaired) electrons. The number of alkyl halides is 3. The maximum Gasteiger partial charge on any atom is 0.408 e. The number of halogens is 3. The van der Waals surface area contributed by atoms with Crippen LogP contribution >= 0.6 is 0 Å². The van der Waals surface area contributed by atoms with E-state index in [1.54, 1.807) is 0 Å². The smallest absolute Gasteiger partial charge is 0.323 e. The third kappa shape index (κ3) is 3.38. The zero-order valence-electron chi connectivity index (χ0n) is 13.3. The van der Waals surface area contributed by atoms with Crippen LogP contribution in [-0.2, 0) is 24.2 Å². The topological polar surface area (TPSA) is 88.5 Å². The highest BCUT2D eigenvalue weighted by molar-refractivity contribution is 5.93. The van der Waals surface area contributed by atoms with Crippen molar-refractivity contribution in [3.63, 3.8) is 0 Å². The van der Waals surface area contributed by atoms with Crippen LogP contribution in [-0.4, -0.2) is 37.3 Å². The van der Waals surface area contributed by atoms with Crippen LogP contribution in [0.4, 0.5) is 18.9 Å². The monoisotopic (exact) mass is 354 g/mol. The van der Waals surface area contributed by atoms with Crippen LogP contribution < -0.4 is 5.32 Å². The van der Waals surface area contributed by atoms with Gasteiger partial charge in [-0.15, -0.1) is 0 Å². The largest absolute Gasteiger partial charge is 0.408 e. The van der Waals surface area contributed by atoms with Gasteiger partial charge in [0.2, 0.25) is 5.91 Å². The van der Waals surface area contributed by atoms with Crippen molar-refractivity contribution in [2.24, 2.45) is 5.92 Å². The molecule has 7 nitrogen and oxygen atoms in total. The van der Waals surface area contributed by atoms with Gasteiger partial charge >= 0.3 is 6.18 Å². The summed E-state index contributed by atoms with van der Waals surface area (Å²) in [5.74, 6) is -0.439. The summed E-state index contributed by atoms with van der Waals surface area (Å²) in [5, 5.41) is 17.2. The Morgan fingerprint density at radius 3 is 2.76 bits per heavy atom. The number of aromatic nitrogens is 5. The Bertz CT molecular complexity index is 792. The number of nitrogens with zero attached hydrogens (tertiary/aromatic N) is 4. The van der Waals surface area contributed by atoms with Crippen LogP contribution in [0.3, 0.4) is 0 Å². The first-order chi connectivity index (χ1) is 11.9. The second kappa shape index (κ2) is 5.85. The fraction of sp³-hybridized carbons (Fsp3) is 0.600. The summed E-state index contributed by atoms with van der Waals surface area (Å²) in [5.41, 5.74) is 2.52. The number of hydrogen-bond acceptors (Lipinski definition) is 4. The zero-order valence-corrected chi connectivity index (χ0v) is 13.3. The number of rotatable bonds is 4. The number of aryl methyl sites for hydroxylation is 1. The van der Waals surface area contributed by atoms with Crippen LogP contribution in [0.1, 0.15) is 42.3 Å². The van der Waals surface area contributed by atoms with E-state index in [0.717, 1.165) is 28.9 Å². The number of anilines is 1. The predicted molar refractivity (Wildman–Crippen MR) is 80.8 cm³/mol. The first-order valence-corrected chi connectivity index (χ1v) is 8.22. The summed E-state index contributed by atoms with van der Waals surface area (Å²) in [7, 11) is 0. The van der Waals surface area contributed by atoms with E-state index < -0.39 is 12.7 Å². The van der Waals surface area contributed by atoms with Gasteiger partial charge in [0.15, 0.2) is 0 Å². The molecule has 2 aromatic rings. The molecular formula is C15H17F3N6O. The van der Waals surface area contributed by atoms with Crippen molar-refractivity contribution in [2.45, 2.75) is 50.7 Å². The van der Waals surface area contributed by atoms with Crippen molar-refractivity contribution >= 4 is 11.6 Å². The fourth-order valence-corrected chi connectivity index (χ4v) is 3.32. The van der Waals surface area contributed by atoms with Crippen molar-refractivity contribution in [1.82, 2.24) is 25.2 Å². The third-order valence-corrected chi connectivity index (χ3v) is 4.67. The molecule has 2 aliphatic carbocycles. The van der Waals surface area contributed by atoms with Gasteiger partial charge in [0.25, 0.3) is 0 Å². The molecule has 1 saturated carbocycles. The molecule has 0 aromatic carbocycles. The molecule has 1 atom stereocenters. The highest BCUT2D eigenvalue weighted by atomic mass is 19.4. The molecule has 2 aromatic heterocycles. The average molecular weight is 354 g/mol. The van der Waals surface area contributed by atoms with Gasteiger partial charge in [-0.3, -0.25) is 9.48 Å². The molecule has 4 rings (SSSR count).